The maximum absolute atomic E-state index is 12.3. The van der Waals surface area contributed by atoms with Crippen LogP contribution in [-0.2, 0) is 6.54 Å². The monoisotopic (exact) mass is 280 g/mol. The Morgan fingerprint density at radius 2 is 2.24 bits per heavy atom. The zero-order valence-electron chi connectivity index (χ0n) is 11.7. The van der Waals surface area contributed by atoms with E-state index in [-0.39, 0.29) is 5.91 Å². The van der Waals surface area contributed by atoms with Crippen LogP contribution in [0.1, 0.15) is 21.5 Å². The van der Waals surface area contributed by atoms with Gasteiger partial charge in [-0.3, -0.25) is 9.78 Å². The van der Waals surface area contributed by atoms with Gasteiger partial charge in [-0.25, -0.2) is 0 Å². The van der Waals surface area contributed by atoms with E-state index in [2.05, 4.69) is 15.3 Å². The predicted octanol–water partition coefficient (Wildman–Crippen LogP) is 2.38. The Kier molecular flexibility index (Phi) is 3.31. The van der Waals surface area contributed by atoms with Gasteiger partial charge in [0.25, 0.3) is 5.91 Å². The summed E-state index contributed by atoms with van der Waals surface area (Å²) >= 11 is 0. The summed E-state index contributed by atoms with van der Waals surface area (Å²) < 4.78 is 0. The summed E-state index contributed by atoms with van der Waals surface area (Å²) in [5, 5.41) is 3.74. The number of nitrogen functional groups attached to an aromatic ring is 1. The summed E-state index contributed by atoms with van der Waals surface area (Å²) in [6.07, 6.45) is 5.21. The van der Waals surface area contributed by atoms with Gasteiger partial charge in [0.05, 0.1) is 5.56 Å². The highest BCUT2D eigenvalue weighted by Crippen LogP contribution is 2.21. The largest absolute Gasteiger partial charge is 0.399 e. The van der Waals surface area contributed by atoms with Crippen molar-refractivity contribution in [3.63, 3.8) is 0 Å². The summed E-state index contributed by atoms with van der Waals surface area (Å²) in [6, 6.07) is 7.40. The maximum atomic E-state index is 12.3. The topological polar surface area (TPSA) is 83.8 Å². The lowest BCUT2D eigenvalue weighted by atomic mass is 10.1. The van der Waals surface area contributed by atoms with Crippen molar-refractivity contribution in [2.45, 2.75) is 13.5 Å². The molecule has 5 heteroatoms. The number of H-pyrrole nitrogens is 1. The summed E-state index contributed by atoms with van der Waals surface area (Å²) in [5.74, 6) is -0.130. The molecular weight excluding hydrogens is 264 g/mol. The Morgan fingerprint density at radius 3 is 3.05 bits per heavy atom. The Labute approximate surface area is 122 Å². The molecule has 0 spiro atoms. The predicted molar refractivity (Wildman–Crippen MR) is 82.9 cm³/mol. The molecule has 2 heterocycles. The lowest BCUT2D eigenvalue weighted by Gasteiger charge is -2.07. The molecule has 3 aromatic rings. The Bertz CT molecular complexity index is 807. The van der Waals surface area contributed by atoms with Gasteiger partial charge in [-0.2, -0.15) is 0 Å². The van der Waals surface area contributed by atoms with Gasteiger partial charge in [0.15, 0.2) is 0 Å². The van der Waals surface area contributed by atoms with E-state index in [1.807, 2.05) is 19.1 Å². The molecule has 1 amide bonds. The van der Waals surface area contributed by atoms with Crippen molar-refractivity contribution in [1.29, 1.82) is 0 Å². The first-order valence-corrected chi connectivity index (χ1v) is 6.69. The number of aromatic nitrogens is 2. The minimum atomic E-state index is -0.130. The van der Waals surface area contributed by atoms with Gasteiger partial charge in [0.2, 0.25) is 0 Å². The zero-order chi connectivity index (χ0) is 14.8. The number of carbonyl (C=O) groups is 1. The van der Waals surface area contributed by atoms with Gasteiger partial charge in [-0.05, 0) is 42.3 Å². The molecule has 0 saturated carbocycles. The number of benzene rings is 1. The van der Waals surface area contributed by atoms with Gasteiger partial charge in [-0.15, -0.1) is 0 Å². The molecule has 0 aliphatic rings. The summed E-state index contributed by atoms with van der Waals surface area (Å²) in [5.41, 5.74) is 10.0. The van der Waals surface area contributed by atoms with E-state index in [1.54, 1.807) is 30.7 Å². The molecule has 5 nitrogen and oxygen atoms in total. The number of hydrogen-bond donors (Lipinski definition) is 3. The number of hydrogen-bond acceptors (Lipinski definition) is 3. The smallest absolute Gasteiger partial charge is 0.253 e. The third-order valence-electron chi connectivity index (χ3n) is 3.54. The molecule has 0 unspecified atom stereocenters. The molecule has 0 bridgehead atoms. The molecule has 106 valence electrons. The van der Waals surface area contributed by atoms with Crippen LogP contribution in [0.5, 0.6) is 0 Å². The number of amides is 1. The molecule has 1 aromatic carbocycles. The Balaban J connectivity index is 1.81. The van der Waals surface area contributed by atoms with Crippen molar-refractivity contribution in [3.05, 3.63) is 59.5 Å². The number of nitrogens with two attached hydrogens (primary N) is 1. The average Bonchev–Trinajstić information content (AvgIpc) is 2.89. The quantitative estimate of drug-likeness (QED) is 0.644. The number of aryl methyl sites for hydroxylation is 1. The number of nitrogens with zero attached hydrogens (tertiary/aromatic N) is 1. The van der Waals surface area contributed by atoms with Gasteiger partial charge >= 0.3 is 0 Å². The lowest BCUT2D eigenvalue weighted by molar-refractivity contribution is 0.0952. The number of nitrogens with one attached hydrogen (secondary N) is 2. The number of fused-ring (bicyclic) bond motifs is 1. The van der Waals surface area contributed by atoms with Crippen LogP contribution in [0.25, 0.3) is 10.9 Å². The Hall–Kier alpha value is -2.82. The van der Waals surface area contributed by atoms with Crippen molar-refractivity contribution in [1.82, 2.24) is 15.3 Å². The van der Waals surface area contributed by atoms with E-state index in [0.29, 0.717) is 17.8 Å². The number of pyridine rings is 1. The van der Waals surface area contributed by atoms with Crippen molar-refractivity contribution in [2.24, 2.45) is 0 Å². The van der Waals surface area contributed by atoms with E-state index in [9.17, 15) is 4.79 Å². The highest BCUT2D eigenvalue weighted by molar-refractivity contribution is 6.07. The number of aromatic amines is 1. The van der Waals surface area contributed by atoms with Crippen molar-refractivity contribution in [2.75, 3.05) is 5.73 Å². The van der Waals surface area contributed by atoms with Crippen LogP contribution in [0.3, 0.4) is 0 Å². The molecule has 0 saturated heterocycles. The minimum Gasteiger partial charge on any atom is -0.399 e. The standard InChI is InChI=1S/C16H16N4O/c1-10-4-5-18-7-11(10)8-20-16(21)14-9-19-15-3-2-12(17)6-13(14)15/h2-7,9,19H,8,17H2,1H3,(H,20,21). The lowest BCUT2D eigenvalue weighted by Crippen LogP contribution is -2.23. The fourth-order valence-electron chi connectivity index (χ4n) is 2.28. The van der Waals surface area contributed by atoms with Crippen molar-refractivity contribution >= 4 is 22.5 Å². The van der Waals surface area contributed by atoms with Gasteiger partial charge in [-0.1, -0.05) is 0 Å². The molecule has 3 rings (SSSR count). The van der Waals surface area contributed by atoms with Gasteiger partial charge in [0, 0.05) is 41.7 Å². The van der Waals surface area contributed by atoms with Crippen LogP contribution in [0.4, 0.5) is 5.69 Å². The van der Waals surface area contributed by atoms with E-state index in [0.717, 1.165) is 22.0 Å². The third-order valence-corrected chi connectivity index (χ3v) is 3.54. The van der Waals surface area contributed by atoms with Crippen LogP contribution in [-0.4, -0.2) is 15.9 Å². The maximum Gasteiger partial charge on any atom is 0.253 e. The fraction of sp³-hybridized carbons (Fsp3) is 0.125. The SMILES string of the molecule is Cc1ccncc1CNC(=O)c1c[nH]c2ccc(N)cc12. The second-order valence-electron chi connectivity index (χ2n) is 4.99. The molecule has 0 fully saturated rings. The zero-order valence-corrected chi connectivity index (χ0v) is 11.7. The van der Waals surface area contributed by atoms with Crippen LogP contribution in [0.15, 0.2) is 42.9 Å². The summed E-state index contributed by atoms with van der Waals surface area (Å²) in [4.78, 5) is 19.5. The summed E-state index contributed by atoms with van der Waals surface area (Å²) in [7, 11) is 0. The average molecular weight is 280 g/mol. The first-order valence-electron chi connectivity index (χ1n) is 6.69. The third kappa shape index (κ3) is 2.58. The second kappa shape index (κ2) is 5.28. The molecule has 21 heavy (non-hydrogen) atoms. The Morgan fingerprint density at radius 1 is 1.38 bits per heavy atom. The number of anilines is 1. The fourth-order valence-corrected chi connectivity index (χ4v) is 2.28. The first kappa shape index (κ1) is 13.2. The van der Waals surface area contributed by atoms with Crippen molar-refractivity contribution < 1.29 is 4.79 Å². The van der Waals surface area contributed by atoms with E-state index in [1.165, 1.54) is 0 Å². The van der Waals surface area contributed by atoms with E-state index < -0.39 is 0 Å². The molecular formula is C16H16N4O. The second-order valence-corrected chi connectivity index (χ2v) is 4.99. The van der Waals surface area contributed by atoms with Crippen LogP contribution >= 0.6 is 0 Å². The molecule has 0 atom stereocenters. The van der Waals surface area contributed by atoms with Crippen LogP contribution < -0.4 is 11.1 Å². The van der Waals surface area contributed by atoms with Crippen LogP contribution in [0, 0.1) is 6.92 Å². The van der Waals surface area contributed by atoms with E-state index >= 15 is 0 Å². The molecule has 0 aliphatic heterocycles. The number of carbonyl (C=O) groups excluding carboxylic acids is 1. The number of rotatable bonds is 3. The van der Waals surface area contributed by atoms with Gasteiger partial charge in [0.1, 0.15) is 0 Å². The molecule has 0 radical (unpaired) electrons. The van der Waals surface area contributed by atoms with E-state index in [4.69, 9.17) is 5.73 Å². The first-order chi connectivity index (χ1) is 10.1. The highest BCUT2D eigenvalue weighted by Gasteiger charge is 2.12. The summed E-state index contributed by atoms with van der Waals surface area (Å²) in [6.45, 7) is 2.45. The molecule has 2 aromatic heterocycles. The highest BCUT2D eigenvalue weighted by atomic mass is 16.1. The van der Waals surface area contributed by atoms with Crippen LogP contribution in [0.2, 0.25) is 0 Å². The molecule has 4 N–H and O–H groups in total. The van der Waals surface area contributed by atoms with Gasteiger partial charge < -0.3 is 16.0 Å². The molecule has 0 aliphatic carbocycles. The normalized spacial score (nSPS) is 10.7. The van der Waals surface area contributed by atoms with Crippen molar-refractivity contribution in [3.8, 4) is 0 Å². The minimum absolute atomic E-state index is 0.130.